The van der Waals surface area contributed by atoms with Crippen LogP contribution in [0, 0.1) is 0 Å². The minimum Gasteiger partial charge on any atom is -0.367 e. The van der Waals surface area contributed by atoms with Gasteiger partial charge in [-0.2, -0.15) is 5.10 Å². The average Bonchev–Trinajstić information content (AvgIpc) is 3.11. The molecule has 0 saturated carbocycles. The molecule has 0 aliphatic rings. The number of carbonyl (C=O) groups excluding carboxylic acids is 1. The normalized spacial score (nSPS) is 11.2. The zero-order valence-corrected chi connectivity index (χ0v) is 18.7. The topological polar surface area (TPSA) is 84.7 Å². The first-order chi connectivity index (χ1) is 14.0. The Morgan fingerprint density at radius 3 is 2.76 bits per heavy atom. The van der Waals surface area contributed by atoms with E-state index in [9.17, 15) is 4.79 Å². The molecular formula is C20H26N6OS2. The molecule has 0 bridgehead atoms. The van der Waals surface area contributed by atoms with Gasteiger partial charge in [0.15, 0.2) is 10.8 Å². The first kappa shape index (κ1) is 21.4. The molecule has 0 radical (unpaired) electrons. The van der Waals surface area contributed by atoms with Gasteiger partial charge in [-0.15, -0.1) is 11.8 Å². The summed E-state index contributed by atoms with van der Waals surface area (Å²) in [4.78, 5) is 22.8. The van der Waals surface area contributed by atoms with Crippen molar-refractivity contribution in [3.05, 3.63) is 36.0 Å². The van der Waals surface area contributed by atoms with Crippen LogP contribution in [0.1, 0.15) is 31.1 Å². The second-order valence-electron chi connectivity index (χ2n) is 6.65. The Kier molecular flexibility index (Phi) is 7.38. The van der Waals surface area contributed by atoms with Crippen molar-refractivity contribution in [3.63, 3.8) is 0 Å². The summed E-state index contributed by atoms with van der Waals surface area (Å²) < 4.78 is 1.81. The van der Waals surface area contributed by atoms with Crippen molar-refractivity contribution in [3.8, 4) is 0 Å². The molecule has 0 spiro atoms. The quantitative estimate of drug-likeness (QED) is 0.393. The van der Waals surface area contributed by atoms with Crippen LogP contribution >= 0.6 is 23.5 Å². The summed E-state index contributed by atoms with van der Waals surface area (Å²) in [5, 5.41) is 12.4. The lowest BCUT2D eigenvalue weighted by molar-refractivity contribution is 0.0949. The van der Waals surface area contributed by atoms with Gasteiger partial charge in [0, 0.05) is 17.5 Å². The Labute approximate surface area is 179 Å². The van der Waals surface area contributed by atoms with Gasteiger partial charge in [0.05, 0.1) is 23.7 Å². The summed E-state index contributed by atoms with van der Waals surface area (Å²) in [7, 11) is 0. The largest absolute Gasteiger partial charge is 0.367 e. The molecule has 29 heavy (non-hydrogen) atoms. The number of anilines is 1. The van der Waals surface area contributed by atoms with Crippen molar-refractivity contribution < 1.29 is 4.79 Å². The fourth-order valence-corrected chi connectivity index (χ4v) is 4.04. The number of hydrogen-bond donors (Lipinski definition) is 2. The van der Waals surface area contributed by atoms with Gasteiger partial charge in [0.25, 0.3) is 5.91 Å². The second-order valence-corrected chi connectivity index (χ2v) is 8.73. The number of rotatable bonds is 9. The Bertz CT molecular complexity index is 988. The molecular weight excluding hydrogens is 404 g/mol. The van der Waals surface area contributed by atoms with E-state index < -0.39 is 0 Å². The fraction of sp³-hybridized carbons (Fsp3) is 0.400. The summed E-state index contributed by atoms with van der Waals surface area (Å²) in [6.07, 6.45) is 3.73. The number of benzene rings is 1. The van der Waals surface area contributed by atoms with Gasteiger partial charge in [-0.25, -0.2) is 14.6 Å². The predicted octanol–water partition coefficient (Wildman–Crippen LogP) is 3.91. The third kappa shape index (κ3) is 5.22. The van der Waals surface area contributed by atoms with Gasteiger partial charge in [0.1, 0.15) is 5.82 Å². The van der Waals surface area contributed by atoms with E-state index in [0.29, 0.717) is 23.8 Å². The molecule has 7 nitrogen and oxygen atoms in total. The van der Waals surface area contributed by atoms with Gasteiger partial charge in [-0.3, -0.25) is 4.79 Å². The second kappa shape index (κ2) is 9.98. The number of amides is 1. The van der Waals surface area contributed by atoms with Crippen molar-refractivity contribution in [1.29, 1.82) is 0 Å². The minimum absolute atomic E-state index is 0.0698. The van der Waals surface area contributed by atoms with Crippen molar-refractivity contribution in [2.45, 2.75) is 43.4 Å². The zero-order valence-electron chi connectivity index (χ0n) is 17.1. The minimum atomic E-state index is -0.0698. The summed E-state index contributed by atoms with van der Waals surface area (Å²) >= 11 is 3.16. The van der Waals surface area contributed by atoms with Crippen LogP contribution in [0.25, 0.3) is 11.0 Å². The third-order valence-electron chi connectivity index (χ3n) is 4.12. The van der Waals surface area contributed by atoms with E-state index in [2.05, 4.69) is 46.5 Å². The smallest absolute Gasteiger partial charge is 0.252 e. The third-order valence-corrected chi connectivity index (χ3v) is 5.63. The average molecular weight is 431 g/mol. The van der Waals surface area contributed by atoms with Crippen LogP contribution in [-0.2, 0) is 6.54 Å². The highest BCUT2D eigenvalue weighted by molar-refractivity contribution is 7.99. The highest BCUT2D eigenvalue weighted by atomic mass is 32.2. The van der Waals surface area contributed by atoms with Gasteiger partial charge >= 0.3 is 0 Å². The van der Waals surface area contributed by atoms with Gasteiger partial charge in [-0.1, -0.05) is 30.8 Å². The number of nitrogens with one attached hydrogen (secondary N) is 2. The first-order valence-electron chi connectivity index (χ1n) is 9.57. The van der Waals surface area contributed by atoms with E-state index in [1.54, 1.807) is 18.0 Å². The molecule has 1 amide bonds. The summed E-state index contributed by atoms with van der Waals surface area (Å²) in [5.74, 6) is 1.64. The highest BCUT2D eigenvalue weighted by Crippen LogP contribution is 2.24. The van der Waals surface area contributed by atoms with Gasteiger partial charge in [-0.05, 0) is 38.0 Å². The summed E-state index contributed by atoms with van der Waals surface area (Å²) in [6, 6.07) is 7.94. The molecule has 3 aromatic rings. The lowest BCUT2D eigenvalue weighted by Gasteiger charge is -2.12. The van der Waals surface area contributed by atoms with E-state index in [-0.39, 0.29) is 11.9 Å². The molecule has 1 aromatic carbocycles. The molecule has 0 aliphatic carbocycles. The highest BCUT2D eigenvalue weighted by Gasteiger charge is 2.14. The summed E-state index contributed by atoms with van der Waals surface area (Å²) in [5.41, 5.74) is 1.48. The van der Waals surface area contributed by atoms with Crippen LogP contribution in [0.5, 0.6) is 0 Å². The van der Waals surface area contributed by atoms with E-state index in [1.807, 2.05) is 35.2 Å². The lowest BCUT2D eigenvalue weighted by Crippen LogP contribution is -2.28. The van der Waals surface area contributed by atoms with Crippen molar-refractivity contribution in [1.82, 2.24) is 25.1 Å². The van der Waals surface area contributed by atoms with Crippen molar-refractivity contribution >= 4 is 46.3 Å². The molecule has 154 valence electrons. The Morgan fingerprint density at radius 2 is 2.03 bits per heavy atom. The fourth-order valence-electron chi connectivity index (χ4n) is 2.88. The van der Waals surface area contributed by atoms with Crippen LogP contribution in [0.4, 0.5) is 5.82 Å². The Morgan fingerprint density at radius 1 is 1.24 bits per heavy atom. The lowest BCUT2D eigenvalue weighted by atomic mass is 10.2. The Balaban J connectivity index is 1.73. The maximum atomic E-state index is 12.6. The molecule has 2 aromatic heterocycles. The van der Waals surface area contributed by atoms with E-state index in [1.165, 1.54) is 11.8 Å². The first-order valence-corrected chi connectivity index (χ1v) is 11.8. The van der Waals surface area contributed by atoms with Crippen molar-refractivity contribution in [2.24, 2.45) is 0 Å². The van der Waals surface area contributed by atoms with Crippen LogP contribution < -0.4 is 10.6 Å². The molecule has 2 heterocycles. The molecule has 0 fully saturated rings. The van der Waals surface area contributed by atoms with Crippen LogP contribution in [0.2, 0.25) is 0 Å². The maximum Gasteiger partial charge on any atom is 0.252 e. The number of fused-ring (bicyclic) bond motifs is 1. The number of nitrogens with zero attached hydrogens (tertiary/aromatic N) is 4. The molecule has 3 rings (SSSR count). The number of carbonyl (C=O) groups is 1. The monoisotopic (exact) mass is 430 g/mol. The Hall–Kier alpha value is -2.26. The number of hydrogen-bond acceptors (Lipinski definition) is 7. The maximum absolute atomic E-state index is 12.6. The molecule has 0 unspecified atom stereocenters. The number of aromatic nitrogens is 4. The standard InChI is InChI=1S/C20H26N6OS2/c1-5-29-16-9-7-6-8-14(16)19(27)21-10-11-26-18-15(12-22-26)17(23-13(2)3)24-20(25-18)28-4/h6-9,12-13H,5,10-11H2,1-4H3,(H,21,27)(H,23,24,25). The molecule has 9 heteroatoms. The molecule has 2 N–H and O–H groups in total. The van der Waals surface area contributed by atoms with Crippen LogP contribution in [0.15, 0.2) is 40.5 Å². The summed E-state index contributed by atoms with van der Waals surface area (Å²) in [6.45, 7) is 7.22. The SMILES string of the molecule is CCSc1ccccc1C(=O)NCCn1ncc2c(NC(C)C)nc(SC)nc21. The van der Waals surface area contributed by atoms with Gasteiger partial charge in [0.2, 0.25) is 0 Å². The van der Waals surface area contributed by atoms with Crippen molar-refractivity contribution in [2.75, 3.05) is 23.9 Å². The zero-order chi connectivity index (χ0) is 20.8. The van der Waals surface area contributed by atoms with Gasteiger partial charge < -0.3 is 10.6 Å². The van der Waals surface area contributed by atoms with Crippen LogP contribution in [0.3, 0.4) is 0 Å². The van der Waals surface area contributed by atoms with Crippen LogP contribution in [-0.4, -0.2) is 50.3 Å². The molecule has 0 saturated heterocycles. The molecule has 0 atom stereocenters. The molecule has 0 aliphatic heterocycles. The van der Waals surface area contributed by atoms with E-state index >= 15 is 0 Å². The van der Waals surface area contributed by atoms with E-state index in [0.717, 1.165) is 27.5 Å². The van der Waals surface area contributed by atoms with E-state index in [4.69, 9.17) is 0 Å². The number of thioether (sulfide) groups is 2. The predicted molar refractivity (Wildman–Crippen MR) is 121 cm³/mol.